The van der Waals surface area contributed by atoms with Crippen LogP contribution < -0.4 is 15.0 Å². The molecule has 2 aromatic rings. The van der Waals surface area contributed by atoms with Gasteiger partial charge in [0.25, 0.3) is 5.69 Å². The Balaban J connectivity index is 1.84. The SMILES string of the molecule is C[C@@H]1[C@@H]2NC(=S)N(c3ccccc3)[C@@]1(C)Oc1ccc([N+](=O)[O-])cc12. The van der Waals surface area contributed by atoms with E-state index in [0.29, 0.717) is 10.9 Å². The van der Waals surface area contributed by atoms with Crippen molar-refractivity contribution in [1.29, 1.82) is 0 Å². The number of hydrogen-bond acceptors (Lipinski definition) is 4. The first-order valence-corrected chi connectivity index (χ1v) is 8.46. The summed E-state index contributed by atoms with van der Waals surface area (Å²) in [7, 11) is 0. The molecule has 3 atom stereocenters. The number of hydrogen-bond donors (Lipinski definition) is 1. The smallest absolute Gasteiger partial charge is 0.270 e. The number of fused-ring (bicyclic) bond motifs is 4. The molecule has 1 N–H and O–H groups in total. The molecule has 1 fully saturated rings. The van der Waals surface area contributed by atoms with Gasteiger partial charge in [0.2, 0.25) is 0 Å². The molecule has 4 rings (SSSR count). The fourth-order valence-corrected chi connectivity index (χ4v) is 4.10. The van der Waals surface area contributed by atoms with Crippen molar-refractivity contribution in [2.45, 2.75) is 25.6 Å². The summed E-state index contributed by atoms with van der Waals surface area (Å²) in [6, 6.07) is 14.4. The van der Waals surface area contributed by atoms with Crippen LogP contribution in [0.15, 0.2) is 48.5 Å². The first kappa shape index (κ1) is 15.8. The first-order valence-electron chi connectivity index (χ1n) is 8.05. The lowest BCUT2D eigenvalue weighted by Gasteiger charge is -2.56. The van der Waals surface area contributed by atoms with Crippen LogP contribution in [0.2, 0.25) is 0 Å². The van der Waals surface area contributed by atoms with E-state index in [1.54, 1.807) is 12.1 Å². The number of non-ortho nitro benzene ring substituents is 1. The number of nitrogens with zero attached hydrogens (tertiary/aromatic N) is 2. The zero-order valence-corrected chi connectivity index (χ0v) is 14.6. The van der Waals surface area contributed by atoms with Gasteiger partial charge in [-0.05, 0) is 37.3 Å². The van der Waals surface area contributed by atoms with E-state index >= 15 is 0 Å². The fourth-order valence-electron chi connectivity index (χ4n) is 3.68. The third-order valence-electron chi connectivity index (χ3n) is 5.14. The quantitative estimate of drug-likeness (QED) is 0.502. The van der Waals surface area contributed by atoms with Crippen molar-refractivity contribution in [2.75, 3.05) is 4.90 Å². The monoisotopic (exact) mass is 355 g/mol. The minimum absolute atomic E-state index is 0.0221. The van der Waals surface area contributed by atoms with Gasteiger partial charge in [-0.1, -0.05) is 25.1 Å². The second-order valence-electron chi connectivity index (χ2n) is 6.52. The van der Waals surface area contributed by atoms with Crippen LogP contribution in [0.4, 0.5) is 11.4 Å². The van der Waals surface area contributed by atoms with Crippen molar-refractivity contribution >= 4 is 28.7 Å². The van der Waals surface area contributed by atoms with Gasteiger partial charge in [-0.2, -0.15) is 0 Å². The predicted molar refractivity (Wildman–Crippen MR) is 98.7 cm³/mol. The minimum Gasteiger partial charge on any atom is -0.467 e. The van der Waals surface area contributed by atoms with Crippen LogP contribution in [-0.2, 0) is 0 Å². The number of benzene rings is 2. The average Bonchev–Trinajstić information content (AvgIpc) is 2.58. The highest BCUT2D eigenvalue weighted by atomic mass is 32.1. The van der Waals surface area contributed by atoms with Crippen LogP contribution in [0.3, 0.4) is 0 Å². The van der Waals surface area contributed by atoms with Gasteiger partial charge in [0.15, 0.2) is 10.8 Å². The molecule has 2 aromatic carbocycles. The van der Waals surface area contributed by atoms with Crippen molar-refractivity contribution in [3.05, 3.63) is 64.2 Å². The molecular weight excluding hydrogens is 338 g/mol. The van der Waals surface area contributed by atoms with Crippen LogP contribution >= 0.6 is 12.2 Å². The van der Waals surface area contributed by atoms with Gasteiger partial charge in [-0.25, -0.2) is 0 Å². The summed E-state index contributed by atoms with van der Waals surface area (Å²) >= 11 is 5.60. The number of rotatable bonds is 2. The summed E-state index contributed by atoms with van der Waals surface area (Å²) in [6.45, 7) is 4.08. The van der Waals surface area contributed by atoms with Gasteiger partial charge in [-0.3, -0.25) is 15.0 Å². The van der Waals surface area contributed by atoms with Gasteiger partial charge in [0.05, 0.1) is 11.0 Å². The summed E-state index contributed by atoms with van der Waals surface area (Å²) in [5.74, 6) is 0.668. The number of nitrogens with one attached hydrogen (secondary N) is 1. The Morgan fingerprint density at radius 3 is 2.68 bits per heavy atom. The average molecular weight is 355 g/mol. The molecule has 2 aliphatic heterocycles. The van der Waals surface area contributed by atoms with Crippen LogP contribution in [0, 0.1) is 16.0 Å². The van der Waals surface area contributed by atoms with Crippen LogP contribution in [0.1, 0.15) is 25.5 Å². The number of ether oxygens (including phenoxy) is 1. The third-order valence-corrected chi connectivity index (χ3v) is 5.44. The summed E-state index contributed by atoms with van der Waals surface area (Å²) in [6.07, 6.45) is 0. The van der Waals surface area contributed by atoms with Gasteiger partial charge >= 0.3 is 0 Å². The molecule has 7 heteroatoms. The molecule has 0 aliphatic carbocycles. The molecule has 0 radical (unpaired) electrons. The second kappa shape index (κ2) is 5.42. The lowest BCUT2D eigenvalue weighted by molar-refractivity contribution is -0.385. The van der Waals surface area contributed by atoms with Gasteiger partial charge in [-0.15, -0.1) is 0 Å². The molecule has 128 valence electrons. The van der Waals surface area contributed by atoms with Crippen molar-refractivity contribution in [3.8, 4) is 5.75 Å². The Labute approximate surface area is 150 Å². The molecule has 1 saturated heterocycles. The van der Waals surface area contributed by atoms with E-state index in [2.05, 4.69) is 12.2 Å². The van der Waals surface area contributed by atoms with E-state index in [1.807, 2.05) is 42.2 Å². The highest BCUT2D eigenvalue weighted by molar-refractivity contribution is 7.80. The summed E-state index contributed by atoms with van der Waals surface area (Å²) in [5, 5.41) is 15.0. The van der Waals surface area contributed by atoms with Crippen molar-refractivity contribution in [2.24, 2.45) is 5.92 Å². The lowest BCUT2D eigenvalue weighted by Crippen LogP contribution is -2.69. The van der Waals surface area contributed by atoms with E-state index < -0.39 is 10.6 Å². The highest BCUT2D eigenvalue weighted by Gasteiger charge is 2.54. The number of thiocarbonyl (C=S) groups is 1. The normalized spacial score (nSPS) is 27.1. The lowest BCUT2D eigenvalue weighted by atomic mass is 9.80. The topological polar surface area (TPSA) is 67.6 Å². The van der Waals surface area contributed by atoms with Crippen LogP contribution in [0.5, 0.6) is 5.75 Å². The maximum atomic E-state index is 11.1. The van der Waals surface area contributed by atoms with E-state index in [-0.39, 0.29) is 17.6 Å². The maximum absolute atomic E-state index is 11.1. The molecular formula is C18H17N3O3S. The molecule has 0 unspecified atom stereocenters. The van der Waals surface area contributed by atoms with E-state index in [9.17, 15) is 10.1 Å². The number of nitro benzene ring substituents is 1. The molecule has 0 amide bonds. The zero-order chi connectivity index (χ0) is 17.8. The minimum atomic E-state index is -0.683. The molecule has 25 heavy (non-hydrogen) atoms. The standard InChI is InChI=1S/C18H17N3O3S/c1-11-16-14-10-13(21(22)23)8-9-15(14)24-18(11,2)20(17(25)19-16)12-6-4-3-5-7-12/h3-11,16H,1-2H3,(H,19,25)/t11-,16+,18+/m1/s1. The van der Waals surface area contributed by atoms with E-state index in [0.717, 1.165) is 11.3 Å². The largest absolute Gasteiger partial charge is 0.467 e. The molecule has 6 nitrogen and oxygen atoms in total. The molecule has 2 aliphatic rings. The first-order chi connectivity index (χ1) is 11.9. The number of nitro groups is 1. The maximum Gasteiger partial charge on any atom is 0.270 e. The van der Waals surface area contributed by atoms with Crippen LogP contribution in [-0.4, -0.2) is 15.8 Å². The summed E-state index contributed by atoms with van der Waals surface area (Å²) in [4.78, 5) is 12.7. The molecule has 0 spiro atoms. The highest BCUT2D eigenvalue weighted by Crippen LogP contribution is 2.49. The summed E-state index contributed by atoms with van der Waals surface area (Å²) in [5.41, 5.74) is 1.08. The molecule has 2 heterocycles. The van der Waals surface area contributed by atoms with Crippen molar-refractivity contribution < 1.29 is 9.66 Å². The number of para-hydroxylation sites is 1. The van der Waals surface area contributed by atoms with Crippen molar-refractivity contribution in [3.63, 3.8) is 0 Å². The third kappa shape index (κ3) is 2.26. The van der Waals surface area contributed by atoms with E-state index in [4.69, 9.17) is 17.0 Å². The van der Waals surface area contributed by atoms with Gasteiger partial charge in [0.1, 0.15) is 5.75 Å². The van der Waals surface area contributed by atoms with Crippen LogP contribution in [0.25, 0.3) is 0 Å². The Kier molecular flexibility index (Phi) is 3.43. The Morgan fingerprint density at radius 2 is 2.00 bits per heavy atom. The van der Waals surface area contributed by atoms with E-state index in [1.165, 1.54) is 6.07 Å². The second-order valence-corrected chi connectivity index (χ2v) is 6.91. The van der Waals surface area contributed by atoms with Gasteiger partial charge < -0.3 is 10.1 Å². The zero-order valence-electron chi connectivity index (χ0n) is 13.8. The fraction of sp³-hybridized carbons (Fsp3) is 0.278. The Hall–Kier alpha value is -2.67. The van der Waals surface area contributed by atoms with Gasteiger partial charge in [0, 0.05) is 29.3 Å². The summed E-state index contributed by atoms with van der Waals surface area (Å²) < 4.78 is 6.35. The predicted octanol–water partition coefficient (Wildman–Crippen LogP) is 3.78. The van der Waals surface area contributed by atoms with Crippen molar-refractivity contribution in [1.82, 2.24) is 5.32 Å². The molecule has 0 saturated carbocycles. The Morgan fingerprint density at radius 1 is 1.28 bits per heavy atom. The number of anilines is 1. The molecule has 0 aromatic heterocycles. The Bertz CT molecular complexity index is 873. The molecule has 2 bridgehead atoms.